The van der Waals surface area contributed by atoms with Gasteiger partial charge in [-0.3, -0.25) is 0 Å². The zero-order valence-corrected chi connectivity index (χ0v) is 10.8. The maximum Gasteiger partial charge on any atom is 0.0582 e. The third kappa shape index (κ3) is 3.59. The quantitative estimate of drug-likeness (QED) is 0.863. The Labute approximate surface area is 99.8 Å². The lowest BCUT2D eigenvalue weighted by molar-refractivity contribution is 0.239. The van der Waals surface area contributed by atoms with E-state index in [2.05, 4.69) is 34.2 Å². The molecule has 1 rings (SSSR count). The van der Waals surface area contributed by atoms with Gasteiger partial charge >= 0.3 is 0 Å². The molecule has 2 atom stereocenters. The molecule has 84 valence electrons. The topological polar surface area (TPSA) is 32.3 Å². The fraction of sp³-hybridized carbons (Fsp3) is 0.500. The number of rotatable bonds is 5. The van der Waals surface area contributed by atoms with Crippen LogP contribution < -0.4 is 5.32 Å². The molecule has 2 nitrogen and oxygen atoms in total. The lowest BCUT2D eigenvalue weighted by atomic mass is 10.0. The molecule has 2 N–H and O–H groups in total. The van der Waals surface area contributed by atoms with E-state index in [4.69, 9.17) is 5.11 Å². The molecule has 1 aromatic carbocycles. The number of aliphatic hydroxyl groups excluding tert-OH is 1. The molecule has 0 radical (unpaired) electrons. The Morgan fingerprint density at radius 1 is 1.40 bits per heavy atom. The van der Waals surface area contributed by atoms with Gasteiger partial charge in [0.25, 0.3) is 0 Å². The van der Waals surface area contributed by atoms with Crippen molar-refractivity contribution in [2.24, 2.45) is 0 Å². The minimum atomic E-state index is 0.127. The zero-order valence-electron chi connectivity index (χ0n) is 9.20. The van der Waals surface area contributed by atoms with Crippen molar-refractivity contribution in [2.75, 3.05) is 6.61 Å². The SMILES string of the molecule is CCC(NC(C)CO)c1ccccc1Br. The predicted octanol–water partition coefficient (Wildman–Crippen LogP) is 2.87. The Morgan fingerprint density at radius 3 is 2.60 bits per heavy atom. The average Bonchev–Trinajstić information content (AvgIpc) is 2.26. The Bertz CT molecular complexity index is 303. The van der Waals surface area contributed by atoms with Gasteiger partial charge in [-0.1, -0.05) is 41.1 Å². The number of benzene rings is 1. The highest BCUT2D eigenvalue weighted by Crippen LogP contribution is 2.25. The molecule has 0 aromatic heterocycles. The molecule has 0 aliphatic heterocycles. The first-order chi connectivity index (χ1) is 7.19. The lowest BCUT2D eigenvalue weighted by Crippen LogP contribution is -2.33. The van der Waals surface area contributed by atoms with Gasteiger partial charge in [0.05, 0.1) is 6.61 Å². The molecule has 3 heteroatoms. The molecule has 0 amide bonds. The van der Waals surface area contributed by atoms with Gasteiger partial charge in [0.15, 0.2) is 0 Å². The van der Waals surface area contributed by atoms with Crippen LogP contribution in [0.2, 0.25) is 0 Å². The molecule has 0 saturated heterocycles. The highest BCUT2D eigenvalue weighted by Gasteiger charge is 2.13. The van der Waals surface area contributed by atoms with E-state index in [0.717, 1.165) is 10.9 Å². The van der Waals surface area contributed by atoms with Crippen LogP contribution >= 0.6 is 15.9 Å². The first-order valence-electron chi connectivity index (χ1n) is 5.30. The van der Waals surface area contributed by atoms with Crippen LogP contribution in [-0.2, 0) is 0 Å². The van der Waals surface area contributed by atoms with Crippen molar-refractivity contribution in [1.82, 2.24) is 5.32 Å². The largest absolute Gasteiger partial charge is 0.395 e. The Hall–Kier alpha value is -0.380. The lowest BCUT2D eigenvalue weighted by Gasteiger charge is -2.22. The summed E-state index contributed by atoms with van der Waals surface area (Å²) >= 11 is 3.55. The highest BCUT2D eigenvalue weighted by atomic mass is 79.9. The van der Waals surface area contributed by atoms with E-state index in [9.17, 15) is 0 Å². The summed E-state index contributed by atoms with van der Waals surface area (Å²) in [6.07, 6.45) is 1.01. The van der Waals surface area contributed by atoms with Crippen molar-refractivity contribution in [3.8, 4) is 0 Å². The van der Waals surface area contributed by atoms with Gasteiger partial charge in [-0.25, -0.2) is 0 Å². The minimum absolute atomic E-state index is 0.127. The van der Waals surface area contributed by atoms with Crippen LogP contribution in [0.25, 0.3) is 0 Å². The Morgan fingerprint density at radius 2 is 2.07 bits per heavy atom. The van der Waals surface area contributed by atoms with Crippen molar-refractivity contribution in [2.45, 2.75) is 32.4 Å². The van der Waals surface area contributed by atoms with Crippen LogP contribution in [0.5, 0.6) is 0 Å². The van der Waals surface area contributed by atoms with Crippen molar-refractivity contribution < 1.29 is 5.11 Å². The summed E-state index contributed by atoms with van der Waals surface area (Å²) in [6, 6.07) is 8.62. The molecular formula is C12H18BrNO. The van der Waals surface area contributed by atoms with Crippen LogP contribution in [0.15, 0.2) is 28.7 Å². The van der Waals surface area contributed by atoms with E-state index >= 15 is 0 Å². The van der Waals surface area contributed by atoms with Crippen molar-refractivity contribution in [3.05, 3.63) is 34.3 Å². The smallest absolute Gasteiger partial charge is 0.0582 e. The average molecular weight is 272 g/mol. The molecule has 15 heavy (non-hydrogen) atoms. The first-order valence-corrected chi connectivity index (χ1v) is 6.09. The third-order valence-corrected chi connectivity index (χ3v) is 3.17. The van der Waals surface area contributed by atoms with Crippen molar-refractivity contribution in [3.63, 3.8) is 0 Å². The van der Waals surface area contributed by atoms with E-state index in [0.29, 0.717) is 6.04 Å². The second-order valence-corrected chi connectivity index (χ2v) is 4.59. The second kappa shape index (κ2) is 6.26. The molecule has 0 heterocycles. The van der Waals surface area contributed by atoms with Crippen LogP contribution in [-0.4, -0.2) is 17.8 Å². The summed E-state index contributed by atoms with van der Waals surface area (Å²) < 4.78 is 1.12. The van der Waals surface area contributed by atoms with E-state index in [1.54, 1.807) is 0 Å². The van der Waals surface area contributed by atoms with Gasteiger partial charge < -0.3 is 10.4 Å². The summed E-state index contributed by atoms with van der Waals surface area (Å²) in [5.74, 6) is 0. The zero-order chi connectivity index (χ0) is 11.3. The third-order valence-electron chi connectivity index (χ3n) is 2.45. The molecule has 0 aliphatic carbocycles. The summed E-state index contributed by atoms with van der Waals surface area (Å²) in [7, 11) is 0. The predicted molar refractivity (Wildman–Crippen MR) is 66.9 cm³/mol. The standard InChI is InChI=1S/C12H18BrNO/c1-3-12(14-9(2)8-15)10-6-4-5-7-11(10)13/h4-7,9,12,14-15H,3,8H2,1-2H3. The molecule has 0 bridgehead atoms. The second-order valence-electron chi connectivity index (χ2n) is 3.73. The number of halogens is 1. The molecule has 0 aliphatic rings. The summed E-state index contributed by atoms with van der Waals surface area (Å²) in [5, 5.41) is 12.4. The number of hydrogen-bond acceptors (Lipinski definition) is 2. The minimum Gasteiger partial charge on any atom is -0.395 e. The maximum absolute atomic E-state index is 9.02. The normalized spacial score (nSPS) is 14.9. The summed E-state index contributed by atoms with van der Waals surface area (Å²) in [6.45, 7) is 4.29. The van der Waals surface area contributed by atoms with Gasteiger partial charge in [-0.15, -0.1) is 0 Å². The fourth-order valence-corrected chi connectivity index (χ4v) is 2.14. The van der Waals surface area contributed by atoms with Gasteiger partial charge in [0.2, 0.25) is 0 Å². The van der Waals surface area contributed by atoms with Gasteiger partial charge in [-0.2, -0.15) is 0 Å². The molecule has 2 unspecified atom stereocenters. The van der Waals surface area contributed by atoms with Crippen LogP contribution in [0, 0.1) is 0 Å². The maximum atomic E-state index is 9.02. The van der Waals surface area contributed by atoms with Gasteiger partial charge in [-0.05, 0) is 25.0 Å². The van der Waals surface area contributed by atoms with E-state index in [-0.39, 0.29) is 12.6 Å². The Balaban J connectivity index is 2.78. The molecule has 0 fully saturated rings. The van der Waals surface area contributed by atoms with Crippen molar-refractivity contribution >= 4 is 15.9 Å². The van der Waals surface area contributed by atoms with E-state index < -0.39 is 0 Å². The van der Waals surface area contributed by atoms with Crippen LogP contribution in [0.1, 0.15) is 31.9 Å². The van der Waals surface area contributed by atoms with Crippen LogP contribution in [0.4, 0.5) is 0 Å². The first kappa shape index (κ1) is 12.7. The number of hydrogen-bond donors (Lipinski definition) is 2. The monoisotopic (exact) mass is 271 g/mol. The Kier molecular flexibility index (Phi) is 5.29. The van der Waals surface area contributed by atoms with Crippen molar-refractivity contribution in [1.29, 1.82) is 0 Å². The molecular weight excluding hydrogens is 254 g/mol. The molecule has 1 aromatic rings. The van der Waals surface area contributed by atoms with E-state index in [1.165, 1.54) is 5.56 Å². The van der Waals surface area contributed by atoms with Gasteiger partial charge in [0, 0.05) is 16.6 Å². The summed E-state index contributed by atoms with van der Waals surface area (Å²) in [4.78, 5) is 0. The highest BCUT2D eigenvalue weighted by molar-refractivity contribution is 9.10. The number of nitrogens with one attached hydrogen (secondary N) is 1. The fourth-order valence-electron chi connectivity index (χ4n) is 1.58. The van der Waals surface area contributed by atoms with E-state index in [1.807, 2.05) is 25.1 Å². The van der Waals surface area contributed by atoms with Crippen LogP contribution in [0.3, 0.4) is 0 Å². The molecule has 0 spiro atoms. The number of aliphatic hydroxyl groups is 1. The summed E-state index contributed by atoms with van der Waals surface area (Å²) in [5.41, 5.74) is 1.25. The molecule has 0 saturated carbocycles. The van der Waals surface area contributed by atoms with Gasteiger partial charge in [0.1, 0.15) is 0 Å².